The average molecular weight is 441 g/mol. The molecule has 1 aliphatic carbocycles. The van der Waals surface area contributed by atoms with Crippen molar-refractivity contribution in [2.45, 2.75) is 31.5 Å². The normalized spacial score (nSPS) is 24.8. The highest BCUT2D eigenvalue weighted by atomic mass is 32.2. The predicted molar refractivity (Wildman–Crippen MR) is 105 cm³/mol. The summed E-state index contributed by atoms with van der Waals surface area (Å²) in [6, 6.07) is 4.18. The molecule has 30 heavy (non-hydrogen) atoms. The average Bonchev–Trinajstić information content (AvgIpc) is 3.38. The summed E-state index contributed by atoms with van der Waals surface area (Å²) in [5, 5.41) is 10.4. The van der Waals surface area contributed by atoms with Crippen molar-refractivity contribution in [2.75, 3.05) is 30.8 Å². The maximum Gasteiger partial charge on any atom is 0.390 e. The molecule has 0 aromatic carbocycles. The number of H-pyrrole nitrogens is 1. The van der Waals surface area contributed by atoms with Crippen molar-refractivity contribution in [3.63, 3.8) is 0 Å². The summed E-state index contributed by atoms with van der Waals surface area (Å²) in [7, 11) is -1.99. The van der Waals surface area contributed by atoms with Crippen molar-refractivity contribution in [1.82, 2.24) is 14.3 Å². The third-order valence-corrected chi connectivity index (χ3v) is 8.11. The van der Waals surface area contributed by atoms with Gasteiger partial charge in [-0.25, -0.2) is 17.7 Å². The van der Waals surface area contributed by atoms with Gasteiger partial charge in [-0.2, -0.15) is 18.4 Å². The molecule has 1 saturated heterocycles. The van der Waals surface area contributed by atoms with Crippen molar-refractivity contribution in [3.05, 3.63) is 24.0 Å². The first-order valence-electron chi connectivity index (χ1n) is 9.72. The first-order valence-corrected chi connectivity index (χ1v) is 11.3. The number of alkyl halides is 3. The summed E-state index contributed by atoms with van der Waals surface area (Å²) in [5.74, 6) is -0.688. The smallest absolute Gasteiger partial charge is 0.370 e. The van der Waals surface area contributed by atoms with Gasteiger partial charge < -0.3 is 9.88 Å². The third kappa shape index (κ3) is 3.86. The first kappa shape index (κ1) is 20.9. The van der Waals surface area contributed by atoms with E-state index >= 15 is 0 Å². The minimum absolute atomic E-state index is 0.104. The molecule has 11 heteroatoms. The molecule has 1 saturated carbocycles. The van der Waals surface area contributed by atoms with Crippen molar-refractivity contribution >= 4 is 26.7 Å². The Balaban J connectivity index is 1.46. The molecular weight excluding hydrogens is 419 g/mol. The number of halogens is 3. The molecule has 3 atom stereocenters. The molecule has 2 aromatic heterocycles. The Hall–Kier alpha value is -2.32. The van der Waals surface area contributed by atoms with Crippen LogP contribution in [-0.4, -0.2) is 60.8 Å². The maximum atomic E-state index is 12.4. The lowest BCUT2D eigenvalue weighted by Gasteiger charge is -2.29. The fourth-order valence-electron chi connectivity index (χ4n) is 4.78. The molecule has 7 nitrogen and oxygen atoms in total. The van der Waals surface area contributed by atoms with Crippen LogP contribution in [0.3, 0.4) is 0 Å². The van der Waals surface area contributed by atoms with Crippen LogP contribution >= 0.6 is 0 Å². The summed E-state index contributed by atoms with van der Waals surface area (Å²) >= 11 is 0. The number of nitrogens with one attached hydrogen (secondary N) is 1. The molecule has 0 radical (unpaired) electrons. The molecule has 0 amide bonds. The molecule has 2 aromatic rings. The van der Waals surface area contributed by atoms with E-state index in [-0.39, 0.29) is 31.0 Å². The van der Waals surface area contributed by atoms with Gasteiger partial charge in [0.15, 0.2) is 0 Å². The first-order chi connectivity index (χ1) is 14.1. The highest BCUT2D eigenvalue weighted by Crippen LogP contribution is 2.43. The fourth-order valence-corrected chi connectivity index (χ4v) is 6.37. The zero-order valence-electron chi connectivity index (χ0n) is 16.4. The van der Waals surface area contributed by atoms with E-state index in [0.29, 0.717) is 11.2 Å². The highest BCUT2D eigenvalue weighted by molar-refractivity contribution is 7.89. The van der Waals surface area contributed by atoms with E-state index in [2.05, 4.69) is 20.9 Å². The molecule has 0 spiro atoms. The molecule has 1 aliphatic heterocycles. The summed E-state index contributed by atoms with van der Waals surface area (Å²) < 4.78 is 63.2. The van der Waals surface area contributed by atoms with Crippen LogP contribution in [0.15, 0.2) is 18.5 Å². The lowest BCUT2D eigenvalue weighted by atomic mass is 10.0. The number of rotatable bonds is 5. The molecule has 3 heterocycles. The summed E-state index contributed by atoms with van der Waals surface area (Å²) in [5.41, 5.74) is 1.96. The van der Waals surface area contributed by atoms with Crippen LogP contribution in [0.2, 0.25) is 0 Å². The minimum atomic E-state index is -4.48. The largest absolute Gasteiger partial charge is 0.390 e. The van der Waals surface area contributed by atoms with Crippen LogP contribution in [0.1, 0.15) is 24.8 Å². The predicted octanol–water partition coefficient (Wildman–Crippen LogP) is 2.86. The molecule has 162 valence electrons. The van der Waals surface area contributed by atoms with Gasteiger partial charge in [0.25, 0.3) is 0 Å². The molecule has 1 N–H and O–H groups in total. The highest BCUT2D eigenvalue weighted by Gasteiger charge is 2.46. The van der Waals surface area contributed by atoms with Gasteiger partial charge in [0, 0.05) is 44.0 Å². The topological polar surface area (TPSA) is 93.1 Å². The lowest BCUT2D eigenvalue weighted by molar-refractivity contribution is -0.130. The Bertz CT molecular complexity index is 1080. The van der Waals surface area contributed by atoms with Crippen LogP contribution in [0.25, 0.3) is 11.0 Å². The summed E-state index contributed by atoms with van der Waals surface area (Å²) in [6.07, 6.45) is -1.04. The Kier molecular flexibility index (Phi) is 5.18. The standard InChI is InChI=1S/C19H22F3N5O2S/c1-26(17-14(8-23)9-25-18-16(17)2-4-24-18)15-6-12-10-27(11-13(12)7-15)30(28,29)5-3-19(20,21)22/h2,4,9,12-13,15H,3,5-7,10-11H2,1H3,(H,24,25)/t12-,13+,15?. The maximum absolute atomic E-state index is 12.4. The van der Waals surface area contributed by atoms with Crippen molar-refractivity contribution in [3.8, 4) is 6.07 Å². The number of aromatic nitrogens is 2. The Morgan fingerprint density at radius 3 is 2.60 bits per heavy atom. The SMILES string of the molecule is CN(c1c(C#N)cnc2[nH]ccc12)C1C[C@@H]2CN(S(=O)(=O)CCC(F)(F)F)C[C@@H]2C1. The quantitative estimate of drug-likeness (QED) is 0.770. The Labute approximate surface area is 172 Å². The van der Waals surface area contributed by atoms with Crippen molar-refractivity contribution in [2.24, 2.45) is 11.8 Å². The monoisotopic (exact) mass is 441 g/mol. The molecular formula is C19H22F3N5O2S. The molecule has 2 fully saturated rings. The van der Waals surface area contributed by atoms with Crippen LogP contribution < -0.4 is 4.90 Å². The van der Waals surface area contributed by atoms with Crippen molar-refractivity contribution < 1.29 is 21.6 Å². The van der Waals surface area contributed by atoms with Gasteiger partial charge in [-0.3, -0.25) is 0 Å². The second-order valence-corrected chi connectivity index (χ2v) is 10.2. The van der Waals surface area contributed by atoms with E-state index in [1.807, 2.05) is 13.1 Å². The molecule has 0 bridgehead atoms. The Morgan fingerprint density at radius 1 is 1.33 bits per heavy atom. The lowest BCUT2D eigenvalue weighted by Crippen LogP contribution is -2.36. The van der Waals surface area contributed by atoms with Gasteiger partial charge >= 0.3 is 6.18 Å². The van der Waals surface area contributed by atoms with E-state index in [0.717, 1.165) is 23.9 Å². The molecule has 4 rings (SSSR count). The van der Waals surface area contributed by atoms with Gasteiger partial charge in [0.2, 0.25) is 10.0 Å². The van der Waals surface area contributed by atoms with Crippen LogP contribution in [-0.2, 0) is 10.0 Å². The number of pyridine rings is 1. The van der Waals surface area contributed by atoms with Gasteiger partial charge in [0.1, 0.15) is 11.7 Å². The number of fused-ring (bicyclic) bond motifs is 2. The zero-order chi connectivity index (χ0) is 21.7. The number of hydrogen-bond donors (Lipinski definition) is 1. The third-order valence-electron chi connectivity index (χ3n) is 6.31. The van der Waals surface area contributed by atoms with Gasteiger partial charge in [-0.05, 0) is 30.7 Å². The van der Waals surface area contributed by atoms with Gasteiger partial charge in [0.05, 0.1) is 23.4 Å². The second kappa shape index (κ2) is 7.42. The van der Waals surface area contributed by atoms with Gasteiger partial charge in [-0.1, -0.05) is 0 Å². The van der Waals surface area contributed by atoms with E-state index in [4.69, 9.17) is 0 Å². The Morgan fingerprint density at radius 2 is 2.00 bits per heavy atom. The number of sulfonamides is 1. The van der Waals surface area contributed by atoms with Gasteiger partial charge in [-0.15, -0.1) is 0 Å². The fraction of sp³-hybridized carbons (Fsp3) is 0.579. The minimum Gasteiger partial charge on any atom is -0.370 e. The molecule has 2 aliphatic rings. The number of nitrogens with zero attached hydrogens (tertiary/aromatic N) is 4. The molecule has 1 unspecified atom stereocenters. The van der Waals surface area contributed by atoms with Crippen LogP contribution in [0, 0.1) is 23.2 Å². The summed E-state index contributed by atoms with van der Waals surface area (Å²) in [4.78, 5) is 9.36. The number of hydrogen-bond acceptors (Lipinski definition) is 5. The number of nitriles is 1. The van der Waals surface area contributed by atoms with E-state index in [1.165, 1.54) is 10.5 Å². The summed E-state index contributed by atoms with van der Waals surface area (Å²) in [6.45, 7) is 0.520. The van der Waals surface area contributed by atoms with E-state index in [1.54, 1.807) is 6.20 Å². The van der Waals surface area contributed by atoms with Crippen LogP contribution in [0.5, 0.6) is 0 Å². The number of aromatic amines is 1. The van der Waals surface area contributed by atoms with E-state index < -0.39 is 28.4 Å². The van der Waals surface area contributed by atoms with Crippen LogP contribution in [0.4, 0.5) is 18.9 Å². The van der Waals surface area contributed by atoms with E-state index in [9.17, 15) is 26.9 Å². The second-order valence-electron chi connectivity index (χ2n) is 8.13. The number of anilines is 1. The zero-order valence-corrected chi connectivity index (χ0v) is 17.2. The van der Waals surface area contributed by atoms with Crippen molar-refractivity contribution in [1.29, 1.82) is 5.26 Å².